The molecular formula is C13H12N2O. The summed E-state index contributed by atoms with van der Waals surface area (Å²) >= 11 is 0. The van der Waals surface area contributed by atoms with E-state index in [9.17, 15) is 4.79 Å². The van der Waals surface area contributed by atoms with Gasteiger partial charge in [-0.3, -0.25) is 4.79 Å². The SMILES string of the molecule is Cc1cc(N)ncc1-c1cccc(C=O)c1. The number of anilines is 1. The van der Waals surface area contributed by atoms with E-state index < -0.39 is 0 Å². The van der Waals surface area contributed by atoms with Crippen molar-refractivity contribution in [1.29, 1.82) is 0 Å². The van der Waals surface area contributed by atoms with E-state index in [-0.39, 0.29) is 0 Å². The van der Waals surface area contributed by atoms with Crippen molar-refractivity contribution in [1.82, 2.24) is 4.98 Å². The van der Waals surface area contributed by atoms with Crippen LogP contribution in [0, 0.1) is 6.92 Å². The zero-order valence-corrected chi connectivity index (χ0v) is 8.97. The average molecular weight is 212 g/mol. The highest BCUT2D eigenvalue weighted by Crippen LogP contribution is 2.23. The summed E-state index contributed by atoms with van der Waals surface area (Å²) in [6.45, 7) is 1.97. The molecule has 0 saturated heterocycles. The fourth-order valence-electron chi connectivity index (χ4n) is 1.66. The highest BCUT2D eigenvalue weighted by atomic mass is 16.1. The molecule has 1 heterocycles. The van der Waals surface area contributed by atoms with Gasteiger partial charge < -0.3 is 5.73 Å². The molecule has 1 aromatic heterocycles. The zero-order valence-electron chi connectivity index (χ0n) is 8.97. The van der Waals surface area contributed by atoms with Crippen molar-refractivity contribution >= 4 is 12.1 Å². The second kappa shape index (κ2) is 4.14. The number of nitrogens with two attached hydrogens (primary N) is 1. The Labute approximate surface area is 93.9 Å². The summed E-state index contributed by atoms with van der Waals surface area (Å²) in [6.07, 6.45) is 2.57. The average Bonchev–Trinajstić information content (AvgIpc) is 2.29. The molecule has 1 aromatic carbocycles. The first-order valence-corrected chi connectivity index (χ1v) is 4.98. The summed E-state index contributed by atoms with van der Waals surface area (Å²) < 4.78 is 0. The van der Waals surface area contributed by atoms with Crippen molar-refractivity contribution in [3.8, 4) is 11.1 Å². The van der Waals surface area contributed by atoms with Crippen LogP contribution in [-0.4, -0.2) is 11.3 Å². The van der Waals surface area contributed by atoms with Gasteiger partial charge in [0, 0.05) is 17.3 Å². The zero-order chi connectivity index (χ0) is 11.5. The van der Waals surface area contributed by atoms with E-state index in [0.29, 0.717) is 11.4 Å². The second-order valence-corrected chi connectivity index (χ2v) is 3.67. The normalized spacial score (nSPS) is 10.1. The number of nitrogens with zero attached hydrogens (tertiary/aromatic N) is 1. The highest BCUT2D eigenvalue weighted by Gasteiger charge is 2.03. The molecule has 80 valence electrons. The minimum absolute atomic E-state index is 0.507. The van der Waals surface area contributed by atoms with Gasteiger partial charge in [-0.1, -0.05) is 18.2 Å². The summed E-state index contributed by atoms with van der Waals surface area (Å²) in [5, 5.41) is 0. The standard InChI is InChI=1S/C13H12N2O/c1-9-5-13(14)15-7-12(9)11-4-2-3-10(6-11)8-16/h2-8H,1H3,(H2,14,15). The number of nitrogen functional groups attached to an aromatic ring is 1. The van der Waals surface area contributed by atoms with Gasteiger partial charge in [0.15, 0.2) is 0 Å². The second-order valence-electron chi connectivity index (χ2n) is 3.67. The molecule has 16 heavy (non-hydrogen) atoms. The molecule has 3 heteroatoms. The Morgan fingerprint density at radius 1 is 1.31 bits per heavy atom. The molecule has 0 aliphatic heterocycles. The van der Waals surface area contributed by atoms with Gasteiger partial charge in [0.25, 0.3) is 0 Å². The molecule has 2 aromatic rings. The molecule has 0 saturated carbocycles. The number of carbonyl (C=O) groups is 1. The summed E-state index contributed by atoms with van der Waals surface area (Å²) in [6, 6.07) is 9.24. The number of aromatic nitrogens is 1. The van der Waals surface area contributed by atoms with Crippen LogP contribution in [0.15, 0.2) is 36.5 Å². The fraction of sp³-hybridized carbons (Fsp3) is 0.0769. The Balaban J connectivity index is 2.53. The summed E-state index contributed by atoms with van der Waals surface area (Å²) in [4.78, 5) is 14.8. The maximum absolute atomic E-state index is 10.7. The third kappa shape index (κ3) is 1.93. The van der Waals surface area contributed by atoms with Gasteiger partial charge >= 0.3 is 0 Å². The summed E-state index contributed by atoms with van der Waals surface area (Å²) in [5.41, 5.74) is 9.29. The molecule has 0 aliphatic rings. The molecule has 0 atom stereocenters. The van der Waals surface area contributed by atoms with Crippen LogP contribution in [0.2, 0.25) is 0 Å². The molecule has 0 radical (unpaired) electrons. The molecule has 0 unspecified atom stereocenters. The lowest BCUT2D eigenvalue weighted by molar-refractivity contribution is 0.112. The van der Waals surface area contributed by atoms with Crippen molar-refractivity contribution in [3.05, 3.63) is 47.7 Å². The first kappa shape index (κ1) is 10.4. The van der Waals surface area contributed by atoms with Crippen molar-refractivity contribution in [2.24, 2.45) is 0 Å². The topological polar surface area (TPSA) is 56.0 Å². The maximum atomic E-state index is 10.7. The van der Waals surface area contributed by atoms with E-state index in [0.717, 1.165) is 23.0 Å². The van der Waals surface area contributed by atoms with Crippen LogP contribution in [0.5, 0.6) is 0 Å². The van der Waals surface area contributed by atoms with Gasteiger partial charge in [-0.25, -0.2) is 4.98 Å². The van der Waals surface area contributed by atoms with Crippen LogP contribution in [0.3, 0.4) is 0 Å². The third-order valence-corrected chi connectivity index (χ3v) is 2.47. The lowest BCUT2D eigenvalue weighted by Gasteiger charge is -2.06. The minimum Gasteiger partial charge on any atom is -0.384 e. The minimum atomic E-state index is 0.507. The number of hydrogen-bond acceptors (Lipinski definition) is 3. The first-order chi connectivity index (χ1) is 7.70. The maximum Gasteiger partial charge on any atom is 0.150 e. The molecule has 0 bridgehead atoms. The van der Waals surface area contributed by atoms with Gasteiger partial charge in [-0.05, 0) is 30.2 Å². The number of aryl methyl sites for hydroxylation is 1. The molecular weight excluding hydrogens is 200 g/mol. The largest absolute Gasteiger partial charge is 0.384 e. The number of benzene rings is 1. The number of carbonyl (C=O) groups excluding carboxylic acids is 1. The quantitative estimate of drug-likeness (QED) is 0.778. The third-order valence-electron chi connectivity index (χ3n) is 2.47. The lowest BCUT2D eigenvalue weighted by Crippen LogP contribution is -1.93. The Morgan fingerprint density at radius 3 is 2.81 bits per heavy atom. The molecule has 0 aliphatic carbocycles. The molecule has 2 rings (SSSR count). The van der Waals surface area contributed by atoms with Crippen molar-refractivity contribution in [2.45, 2.75) is 6.92 Å². The molecule has 0 amide bonds. The van der Waals surface area contributed by atoms with E-state index >= 15 is 0 Å². The van der Waals surface area contributed by atoms with E-state index in [1.54, 1.807) is 12.3 Å². The van der Waals surface area contributed by atoms with Crippen LogP contribution in [-0.2, 0) is 0 Å². The predicted octanol–water partition coefficient (Wildman–Crippen LogP) is 2.45. The van der Waals surface area contributed by atoms with Gasteiger partial charge in [-0.15, -0.1) is 0 Å². The summed E-state index contributed by atoms with van der Waals surface area (Å²) in [7, 11) is 0. The van der Waals surface area contributed by atoms with Crippen molar-refractivity contribution < 1.29 is 4.79 Å². The number of aldehydes is 1. The highest BCUT2D eigenvalue weighted by molar-refractivity contribution is 5.79. The van der Waals surface area contributed by atoms with Crippen LogP contribution < -0.4 is 5.73 Å². The van der Waals surface area contributed by atoms with E-state index in [1.807, 2.05) is 31.2 Å². The van der Waals surface area contributed by atoms with Crippen LogP contribution in [0.25, 0.3) is 11.1 Å². The van der Waals surface area contributed by atoms with E-state index in [4.69, 9.17) is 5.73 Å². The van der Waals surface area contributed by atoms with Crippen molar-refractivity contribution in [2.75, 3.05) is 5.73 Å². The summed E-state index contributed by atoms with van der Waals surface area (Å²) in [5.74, 6) is 0.507. The predicted molar refractivity (Wildman–Crippen MR) is 64.2 cm³/mol. The van der Waals surface area contributed by atoms with Gasteiger partial charge in [0.05, 0.1) is 0 Å². The van der Waals surface area contributed by atoms with Gasteiger partial charge in [0.2, 0.25) is 0 Å². The number of rotatable bonds is 2. The Hall–Kier alpha value is -2.16. The van der Waals surface area contributed by atoms with Crippen LogP contribution >= 0.6 is 0 Å². The number of hydrogen-bond donors (Lipinski definition) is 1. The molecule has 3 nitrogen and oxygen atoms in total. The molecule has 0 fully saturated rings. The van der Waals surface area contributed by atoms with E-state index in [2.05, 4.69) is 4.98 Å². The fourth-order valence-corrected chi connectivity index (χ4v) is 1.66. The van der Waals surface area contributed by atoms with E-state index in [1.165, 1.54) is 0 Å². The number of pyridine rings is 1. The first-order valence-electron chi connectivity index (χ1n) is 4.98. The van der Waals surface area contributed by atoms with Crippen LogP contribution in [0.4, 0.5) is 5.82 Å². The smallest absolute Gasteiger partial charge is 0.150 e. The van der Waals surface area contributed by atoms with Crippen LogP contribution in [0.1, 0.15) is 15.9 Å². The molecule has 2 N–H and O–H groups in total. The van der Waals surface area contributed by atoms with Crippen molar-refractivity contribution in [3.63, 3.8) is 0 Å². The lowest BCUT2D eigenvalue weighted by atomic mass is 10.0. The Bertz CT molecular complexity index is 535. The Morgan fingerprint density at radius 2 is 2.12 bits per heavy atom. The molecule has 0 spiro atoms. The van der Waals surface area contributed by atoms with Gasteiger partial charge in [0.1, 0.15) is 12.1 Å². The van der Waals surface area contributed by atoms with Gasteiger partial charge in [-0.2, -0.15) is 0 Å². The monoisotopic (exact) mass is 212 g/mol. The Kier molecular flexibility index (Phi) is 2.68.